The number of benzene rings is 1. The Morgan fingerprint density at radius 3 is 2.27 bits per heavy atom. The fourth-order valence-electron chi connectivity index (χ4n) is 3.06. The van der Waals surface area contributed by atoms with Crippen LogP contribution in [-0.4, -0.2) is 62.6 Å². The molecule has 0 spiro atoms. The van der Waals surface area contributed by atoms with E-state index in [1.165, 1.54) is 7.11 Å². The highest BCUT2D eigenvalue weighted by atomic mass is 16.6. The van der Waals surface area contributed by atoms with Crippen LogP contribution >= 0.6 is 0 Å². The normalized spacial score (nSPS) is 12.5. The third-order valence-electron chi connectivity index (χ3n) is 4.79. The Morgan fingerprint density at radius 1 is 0.970 bits per heavy atom. The van der Waals surface area contributed by atoms with Gasteiger partial charge in [-0.25, -0.2) is 4.79 Å². The lowest BCUT2D eigenvalue weighted by molar-refractivity contribution is -0.140. The van der Waals surface area contributed by atoms with Crippen molar-refractivity contribution < 1.29 is 28.7 Å². The summed E-state index contributed by atoms with van der Waals surface area (Å²) >= 11 is 0. The van der Waals surface area contributed by atoms with Gasteiger partial charge < -0.3 is 25.4 Å². The smallest absolute Gasteiger partial charge is 0.407 e. The van der Waals surface area contributed by atoms with Gasteiger partial charge in [0.2, 0.25) is 11.7 Å². The quantitative estimate of drug-likeness (QED) is 0.270. The average molecular weight is 464 g/mol. The molecular weight excluding hydrogens is 426 g/mol. The topological polar surface area (TPSA) is 123 Å². The van der Waals surface area contributed by atoms with Crippen LogP contribution in [0.3, 0.4) is 0 Å². The number of hydrogen-bond donors (Lipinski definition) is 3. The Labute approximate surface area is 196 Å². The van der Waals surface area contributed by atoms with Crippen molar-refractivity contribution in [2.24, 2.45) is 5.92 Å². The van der Waals surface area contributed by atoms with E-state index in [2.05, 4.69) is 16.0 Å². The molecule has 1 rings (SSSR count). The van der Waals surface area contributed by atoms with Crippen molar-refractivity contribution in [3.63, 3.8) is 0 Å². The summed E-state index contributed by atoms with van der Waals surface area (Å²) < 4.78 is 9.84. The Morgan fingerprint density at radius 2 is 1.67 bits per heavy atom. The van der Waals surface area contributed by atoms with Crippen molar-refractivity contribution in [2.45, 2.75) is 58.5 Å². The molecule has 3 N–H and O–H groups in total. The summed E-state index contributed by atoms with van der Waals surface area (Å²) in [7, 11) is 1.48. The van der Waals surface area contributed by atoms with Crippen molar-refractivity contribution in [1.82, 2.24) is 16.0 Å². The summed E-state index contributed by atoms with van der Waals surface area (Å²) in [6.45, 7) is 6.46. The van der Waals surface area contributed by atoms with Gasteiger partial charge in [-0.2, -0.15) is 0 Å². The number of unbranched alkanes of at least 4 members (excludes halogenated alkanes) is 1. The second kappa shape index (κ2) is 15.8. The van der Waals surface area contributed by atoms with Crippen molar-refractivity contribution >= 4 is 23.7 Å². The van der Waals surface area contributed by atoms with Crippen LogP contribution in [0.15, 0.2) is 30.3 Å². The molecule has 0 heterocycles. The Balaban J connectivity index is 2.95. The molecule has 0 aliphatic heterocycles. The maximum absolute atomic E-state index is 13.0. The Hall–Kier alpha value is -2.94. The third kappa shape index (κ3) is 11.5. The fraction of sp³-hybridized carbons (Fsp3) is 0.583. The van der Waals surface area contributed by atoms with E-state index in [9.17, 15) is 19.2 Å². The molecule has 3 amide bonds. The lowest BCUT2D eigenvalue weighted by Gasteiger charge is -2.23. The van der Waals surface area contributed by atoms with E-state index >= 15 is 0 Å². The molecular formula is C24H37N3O6. The van der Waals surface area contributed by atoms with Gasteiger partial charge >= 0.3 is 6.09 Å². The van der Waals surface area contributed by atoms with Gasteiger partial charge in [0.25, 0.3) is 5.91 Å². The zero-order valence-corrected chi connectivity index (χ0v) is 20.0. The molecule has 0 saturated carbocycles. The minimum absolute atomic E-state index is 0.0470. The minimum Gasteiger partial charge on any atom is -0.447 e. The third-order valence-corrected chi connectivity index (χ3v) is 4.79. The lowest BCUT2D eigenvalue weighted by Crippen LogP contribution is -2.55. The molecule has 0 radical (unpaired) electrons. The largest absolute Gasteiger partial charge is 0.447 e. The Kier molecular flexibility index (Phi) is 13.4. The first-order valence-corrected chi connectivity index (χ1v) is 11.4. The number of Topliss-reactive ketones (excluding diaryl/α,β-unsaturated/α-hetero) is 1. The zero-order valence-electron chi connectivity index (χ0n) is 20.0. The fourth-order valence-corrected chi connectivity index (χ4v) is 3.06. The summed E-state index contributed by atoms with van der Waals surface area (Å²) in [4.78, 5) is 50.4. The van der Waals surface area contributed by atoms with E-state index in [1.54, 1.807) is 0 Å². The molecule has 33 heavy (non-hydrogen) atoms. The van der Waals surface area contributed by atoms with Gasteiger partial charge in [0.1, 0.15) is 18.7 Å². The summed E-state index contributed by atoms with van der Waals surface area (Å²) in [5.41, 5.74) is 0.796. The van der Waals surface area contributed by atoms with Crippen LogP contribution in [0.2, 0.25) is 0 Å². The van der Waals surface area contributed by atoms with Crippen LogP contribution < -0.4 is 16.0 Å². The Bertz CT molecular complexity index is 754. The number of nitrogens with one attached hydrogen (secondary N) is 3. The maximum Gasteiger partial charge on any atom is 0.407 e. The number of carbonyl (C=O) groups excluding carboxylic acids is 4. The van der Waals surface area contributed by atoms with Gasteiger partial charge in [-0.3, -0.25) is 14.4 Å². The number of rotatable bonds is 15. The first-order chi connectivity index (χ1) is 15.8. The molecule has 0 aliphatic rings. The second-order valence-electron chi connectivity index (χ2n) is 8.18. The van der Waals surface area contributed by atoms with Crippen LogP contribution in [0.5, 0.6) is 0 Å². The highest BCUT2D eigenvalue weighted by Crippen LogP contribution is 2.09. The molecule has 184 valence electrons. The maximum atomic E-state index is 13.0. The van der Waals surface area contributed by atoms with Crippen LogP contribution in [0.4, 0.5) is 4.79 Å². The van der Waals surface area contributed by atoms with Gasteiger partial charge in [-0.05, 0) is 24.3 Å². The monoisotopic (exact) mass is 463 g/mol. The molecule has 0 aromatic heterocycles. The number of methoxy groups -OCH3 is 1. The van der Waals surface area contributed by atoms with Gasteiger partial charge in [-0.15, -0.1) is 0 Å². The minimum atomic E-state index is -1.07. The van der Waals surface area contributed by atoms with Crippen molar-refractivity contribution in [2.75, 3.05) is 26.9 Å². The number of carbonyl (C=O) groups is 4. The van der Waals surface area contributed by atoms with Crippen molar-refractivity contribution in [1.29, 1.82) is 0 Å². The predicted octanol–water partition coefficient (Wildman–Crippen LogP) is 1.99. The van der Waals surface area contributed by atoms with E-state index in [0.717, 1.165) is 18.4 Å². The van der Waals surface area contributed by atoms with Crippen LogP contribution in [0, 0.1) is 5.92 Å². The standard InChI is InChI=1S/C24H37N3O6/c1-5-6-12-25-23(30)21(28)19(16-18-10-8-7-9-11-18)26-22(29)20(15-17(2)3)27-24(31)33-14-13-32-4/h7-11,17,19-20H,5-6,12-16H2,1-4H3,(H,25,30)(H,26,29)(H,27,31)/t19-,20?/m0/s1. The molecule has 9 heteroatoms. The van der Waals surface area contributed by atoms with Gasteiger partial charge in [0.15, 0.2) is 0 Å². The average Bonchev–Trinajstić information content (AvgIpc) is 2.78. The number of ether oxygens (including phenoxy) is 2. The molecule has 2 atom stereocenters. The van der Waals surface area contributed by atoms with Crippen LogP contribution in [-0.2, 0) is 30.3 Å². The summed E-state index contributed by atoms with van der Waals surface area (Å²) in [6.07, 6.45) is 1.36. The van der Waals surface area contributed by atoms with Crippen LogP contribution in [0.1, 0.15) is 45.6 Å². The summed E-state index contributed by atoms with van der Waals surface area (Å²) in [5.74, 6) is -1.94. The van der Waals surface area contributed by atoms with Gasteiger partial charge in [-0.1, -0.05) is 57.5 Å². The summed E-state index contributed by atoms with van der Waals surface area (Å²) in [5, 5.41) is 7.82. The predicted molar refractivity (Wildman–Crippen MR) is 125 cm³/mol. The molecule has 1 aromatic rings. The summed E-state index contributed by atoms with van der Waals surface area (Å²) in [6, 6.07) is 7.13. The van der Waals surface area contributed by atoms with E-state index in [-0.39, 0.29) is 25.6 Å². The molecule has 1 aromatic carbocycles. The number of alkyl carbamates (subject to hydrolysis) is 1. The van der Waals surface area contributed by atoms with E-state index in [0.29, 0.717) is 13.0 Å². The van der Waals surface area contributed by atoms with E-state index in [4.69, 9.17) is 9.47 Å². The first kappa shape index (κ1) is 28.1. The zero-order chi connectivity index (χ0) is 24.6. The number of amides is 3. The highest BCUT2D eigenvalue weighted by Gasteiger charge is 2.30. The van der Waals surface area contributed by atoms with Crippen molar-refractivity contribution in [3.8, 4) is 0 Å². The lowest BCUT2D eigenvalue weighted by atomic mass is 9.99. The number of hydrogen-bond acceptors (Lipinski definition) is 6. The molecule has 9 nitrogen and oxygen atoms in total. The second-order valence-corrected chi connectivity index (χ2v) is 8.18. The molecule has 0 aliphatic carbocycles. The molecule has 0 saturated heterocycles. The molecule has 0 bridgehead atoms. The van der Waals surface area contributed by atoms with E-state index in [1.807, 2.05) is 51.1 Å². The van der Waals surface area contributed by atoms with Crippen LogP contribution in [0.25, 0.3) is 0 Å². The first-order valence-electron chi connectivity index (χ1n) is 11.4. The highest BCUT2D eigenvalue weighted by molar-refractivity contribution is 6.38. The molecule has 1 unspecified atom stereocenters. The van der Waals surface area contributed by atoms with Crippen molar-refractivity contribution in [3.05, 3.63) is 35.9 Å². The number of ketones is 1. The van der Waals surface area contributed by atoms with Gasteiger partial charge in [0, 0.05) is 20.1 Å². The SMILES string of the molecule is CCCCNC(=O)C(=O)[C@H](Cc1ccccc1)NC(=O)C(CC(C)C)NC(=O)OCCOC. The van der Waals surface area contributed by atoms with Gasteiger partial charge in [0.05, 0.1) is 6.61 Å². The van der Waals surface area contributed by atoms with E-state index < -0.39 is 35.8 Å². The molecule has 0 fully saturated rings.